The molecule has 0 aliphatic rings. The predicted molar refractivity (Wildman–Crippen MR) is 163 cm³/mol. The van der Waals surface area contributed by atoms with Crippen LogP contribution in [0.4, 0.5) is 15.8 Å². The largest absolute Gasteiger partial charge is 0.478 e. The molecule has 0 aromatic heterocycles. The topological polar surface area (TPSA) is 95.5 Å². The Morgan fingerprint density at radius 1 is 0.732 bits per heavy atom. The van der Waals surface area contributed by atoms with Crippen molar-refractivity contribution in [2.45, 2.75) is 10.1 Å². The molecule has 0 bridgehead atoms. The SMILES string of the molecule is O=C(O)c1c(Cl)c(Cl)c(Cl)c(Cl)c1C(=O)Nc1cccc(SC(C(=O)Nc2ccc(F)c(Cl)c2)c2ccccc2)c1. The van der Waals surface area contributed by atoms with Crippen molar-refractivity contribution in [2.24, 2.45) is 0 Å². The highest BCUT2D eigenvalue weighted by atomic mass is 35.5. The minimum atomic E-state index is -1.52. The van der Waals surface area contributed by atoms with E-state index in [2.05, 4.69) is 10.6 Å². The van der Waals surface area contributed by atoms with Crippen LogP contribution in [0.1, 0.15) is 31.5 Å². The third kappa shape index (κ3) is 7.09. The van der Waals surface area contributed by atoms with Crippen molar-refractivity contribution in [1.29, 1.82) is 0 Å². The van der Waals surface area contributed by atoms with Gasteiger partial charge in [-0.1, -0.05) is 94.4 Å². The minimum Gasteiger partial charge on any atom is -0.478 e. The lowest BCUT2D eigenvalue weighted by atomic mass is 10.1. The van der Waals surface area contributed by atoms with Gasteiger partial charge in [0.1, 0.15) is 11.1 Å². The van der Waals surface area contributed by atoms with Crippen LogP contribution in [0, 0.1) is 5.82 Å². The molecule has 2 amide bonds. The number of amides is 2. The fraction of sp³-hybridized carbons (Fsp3) is 0.0357. The van der Waals surface area contributed by atoms with Gasteiger partial charge in [0.15, 0.2) is 0 Å². The lowest BCUT2D eigenvalue weighted by Gasteiger charge is -2.18. The second-order valence-corrected chi connectivity index (χ2v) is 11.4. The van der Waals surface area contributed by atoms with E-state index in [9.17, 15) is 23.9 Å². The highest BCUT2D eigenvalue weighted by Gasteiger charge is 2.29. The highest BCUT2D eigenvalue weighted by molar-refractivity contribution is 8.00. The molecule has 4 aromatic carbocycles. The number of carboxylic acid groups (broad SMARTS) is 1. The molecule has 6 nitrogen and oxygen atoms in total. The first kappa shape index (κ1) is 31.0. The summed E-state index contributed by atoms with van der Waals surface area (Å²) in [7, 11) is 0. The number of rotatable bonds is 8. The number of benzene rings is 4. The summed E-state index contributed by atoms with van der Waals surface area (Å²) >= 11 is 31.3. The summed E-state index contributed by atoms with van der Waals surface area (Å²) in [6.07, 6.45) is 0. The van der Waals surface area contributed by atoms with Crippen molar-refractivity contribution < 1.29 is 23.9 Å². The molecule has 0 spiro atoms. The van der Waals surface area contributed by atoms with Crippen LogP contribution in [0.25, 0.3) is 0 Å². The van der Waals surface area contributed by atoms with Crippen LogP contribution in [0.5, 0.6) is 0 Å². The third-order valence-corrected chi connectivity index (χ3v) is 8.92. The Morgan fingerprint density at radius 3 is 2.00 bits per heavy atom. The second-order valence-electron chi connectivity index (χ2n) is 8.32. The van der Waals surface area contributed by atoms with Crippen LogP contribution in [0.2, 0.25) is 25.1 Å². The van der Waals surface area contributed by atoms with E-state index < -0.39 is 45.0 Å². The summed E-state index contributed by atoms with van der Waals surface area (Å²) in [5, 5.41) is 12.7. The van der Waals surface area contributed by atoms with Gasteiger partial charge in [-0.25, -0.2) is 9.18 Å². The molecule has 1 unspecified atom stereocenters. The van der Waals surface area contributed by atoms with Gasteiger partial charge in [-0.3, -0.25) is 9.59 Å². The predicted octanol–water partition coefficient (Wildman–Crippen LogP) is 9.52. The standard InChI is InChI=1S/C28H16Cl5FN2O4S/c29-17-12-15(9-10-18(17)34)36-27(38)25(13-5-2-1-3-6-13)41-16-8-4-7-14(11-16)35-26(37)19-20(28(39)40)22(31)24(33)23(32)21(19)30/h1-12,25H,(H,35,37)(H,36,38)(H,39,40). The molecule has 4 aromatic rings. The van der Waals surface area contributed by atoms with Crippen molar-refractivity contribution in [1.82, 2.24) is 0 Å². The average molecular weight is 673 g/mol. The molecule has 13 heteroatoms. The molecule has 4 rings (SSSR count). The molecule has 0 saturated carbocycles. The van der Waals surface area contributed by atoms with Crippen molar-refractivity contribution in [3.8, 4) is 0 Å². The lowest BCUT2D eigenvalue weighted by Crippen LogP contribution is -2.19. The average Bonchev–Trinajstić information content (AvgIpc) is 2.94. The van der Waals surface area contributed by atoms with Gasteiger partial charge in [0, 0.05) is 16.3 Å². The number of carbonyl (C=O) groups is 3. The number of thioether (sulfide) groups is 1. The van der Waals surface area contributed by atoms with E-state index >= 15 is 0 Å². The van der Waals surface area contributed by atoms with Crippen LogP contribution in [0.3, 0.4) is 0 Å². The van der Waals surface area contributed by atoms with E-state index in [1.165, 1.54) is 23.9 Å². The number of nitrogens with one attached hydrogen (secondary N) is 2. The second kappa shape index (κ2) is 13.3. The zero-order chi connectivity index (χ0) is 29.8. The van der Waals surface area contributed by atoms with Gasteiger partial charge in [0.2, 0.25) is 5.91 Å². The van der Waals surface area contributed by atoms with E-state index in [0.717, 1.165) is 6.07 Å². The Kier molecular flexibility index (Phi) is 10.1. The van der Waals surface area contributed by atoms with E-state index in [-0.39, 0.29) is 25.8 Å². The number of hydrogen-bond acceptors (Lipinski definition) is 4. The number of anilines is 2. The molecule has 0 fully saturated rings. The fourth-order valence-corrected chi connectivity index (χ4v) is 5.99. The van der Waals surface area contributed by atoms with Crippen LogP contribution in [0.15, 0.2) is 77.7 Å². The number of carbonyl (C=O) groups excluding carboxylic acids is 2. The molecule has 41 heavy (non-hydrogen) atoms. The molecule has 0 saturated heterocycles. The van der Waals surface area contributed by atoms with Crippen molar-refractivity contribution in [2.75, 3.05) is 10.6 Å². The maximum absolute atomic E-state index is 13.6. The van der Waals surface area contributed by atoms with Crippen molar-refractivity contribution >= 4 is 98.9 Å². The number of carboxylic acids is 1. The molecule has 210 valence electrons. The Balaban J connectivity index is 1.62. The Bertz CT molecular complexity index is 1670. The van der Waals surface area contributed by atoms with E-state index in [4.69, 9.17) is 58.0 Å². The van der Waals surface area contributed by atoms with Crippen LogP contribution >= 0.6 is 69.8 Å². The molecule has 0 aliphatic carbocycles. The molecule has 0 aliphatic heterocycles. The van der Waals surface area contributed by atoms with Gasteiger partial charge in [0.25, 0.3) is 5.91 Å². The van der Waals surface area contributed by atoms with Crippen molar-refractivity contribution in [3.63, 3.8) is 0 Å². The fourth-order valence-electron chi connectivity index (χ4n) is 3.71. The van der Waals surface area contributed by atoms with Gasteiger partial charge in [-0.05, 0) is 42.0 Å². The summed E-state index contributed by atoms with van der Waals surface area (Å²) in [5.41, 5.74) is 0.204. The molecular formula is C28H16Cl5FN2O4S. The molecule has 0 heterocycles. The van der Waals surface area contributed by atoms with Crippen LogP contribution < -0.4 is 10.6 Å². The summed E-state index contributed by atoms with van der Waals surface area (Å²) < 4.78 is 13.6. The van der Waals surface area contributed by atoms with Crippen LogP contribution in [-0.2, 0) is 4.79 Å². The number of halogens is 6. The van der Waals surface area contributed by atoms with Gasteiger partial charge in [0.05, 0.1) is 36.2 Å². The van der Waals surface area contributed by atoms with E-state index in [1.54, 1.807) is 48.5 Å². The molecule has 1 atom stereocenters. The van der Waals surface area contributed by atoms with Crippen LogP contribution in [-0.4, -0.2) is 22.9 Å². The maximum Gasteiger partial charge on any atom is 0.338 e. The molecule has 0 radical (unpaired) electrons. The van der Waals surface area contributed by atoms with E-state index in [0.29, 0.717) is 16.1 Å². The summed E-state index contributed by atoms with van der Waals surface area (Å²) in [5.74, 6) is -3.43. The van der Waals surface area contributed by atoms with Crippen molar-refractivity contribution in [3.05, 3.63) is 120 Å². The number of hydrogen-bond donors (Lipinski definition) is 3. The Morgan fingerprint density at radius 2 is 1.37 bits per heavy atom. The van der Waals surface area contributed by atoms with Gasteiger partial charge >= 0.3 is 5.97 Å². The third-order valence-electron chi connectivity index (χ3n) is 5.58. The zero-order valence-corrected chi connectivity index (χ0v) is 24.9. The smallest absolute Gasteiger partial charge is 0.338 e. The Labute approximate surface area is 262 Å². The quantitative estimate of drug-likeness (QED) is 0.0985. The summed E-state index contributed by atoms with van der Waals surface area (Å²) in [6, 6.07) is 19.3. The van der Waals surface area contributed by atoms with Gasteiger partial charge < -0.3 is 15.7 Å². The zero-order valence-electron chi connectivity index (χ0n) is 20.4. The molecule has 3 N–H and O–H groups in total. The van der Waals surface area contributed by atoms with Gasteiger partial charge in [-0.15, -0.1) is 11.8 Å². The minimum absolute atomic E-state index is 0.135. The maximum atomic E-state index is 13.6. The normalized spacial score (nSPS) is 11.6. The lowest BCUT2D eigenvalue weighted by molar-refractivity contribution is -0.115. The summed E-state index contributed by atoms with van der Waals surface area (Å²) in [4.78, 5) is 39.0. The highest BCUT2D eigenvalue weighted by Crippen LogP contribution is 2.42. The summed E-state index contributed by atoms with van der Waals surface area (Å²) in [6.45, 7) is 0. The Hall–Kier alpha value is -2.98. The first-order valence-electron chi connectivity index (χ1n) is 11.5. The monoisotopic (exact) mass is 670 g/mol. The number of aromatic carboxylic acids is 1. The van der Waals surface area contributed by atoms with Gasteiger partial charge in [-0.2, -0.15) is 0 Å². The van der Waals surface area contributed by atoms with E-state index in [1.807, 2.05) is 6.07 Å². The molecular weight excluding hydrogens is 657 g/mol. The first-order valence-corrected chi connectivity index (χ1v) is 14.2. The first-order chi connectivity index (χ1) is 19.5.